The highest BCUT2D eigenvalue weighted by atomic mass is 35.5. The van der Waals surface area contributed by atoms with Gasteiger partial charge in [0.25, 0.3) is 0 Å². The number of halogens is 1. The summed E-state index contributed by atoms with van der Waals surface area (Å²) in [7, 11) is 1.64. The molecule has 0 amide bonds. The maximum Gasteiger partial charge on any atom is 0.161 e. The quantitative estimate of drug-likeness (QED) is 0.788. The maximum absolute atomic E-state index is 5.74. The van der Waals surface area contributed by atoms with E-state index in [1.54, 1.807) is 7.11 Å². The van der Waals surface area contributed by atoms with Crippen molar-refractivity contribution in [2.45, 2.75) is 27.3 Å². The molecule has 0 aliphatic rings. The molecule has 0 saturated carbocycles. The summed E-state index contributed by atoms with van der Waals surface area (Å²) in [4.78, 5) is 0. The second kappa shape index (κ2) is 8.88. The molecule has 0 fully saturated rings. The van der Waals surface area contributed by atoms with Crippen molar-refractivity contribution >= 4 is 11.6 Å². The Kier molecular flexibility index (Phi) is 7.48. The fraction of sp³-hybridized carbons (Fsp3) is 0.500. The van der Waals surface area contributed by atoms with Crippen molar-refractivity contribution in [1.82, 2.24) is 5.32 Å². The number of rotatable bonds is 8. The highest BCUT2D eigenvalue weighted by Gasteiger charge is 2.06. The molecule has 4 heteroatoms. The monoisotopic (exact) mass is 297 g/mol. The summed E-state index contributed by atoms with van der Waals surface area (Å²) in [5, 5.41) is 3.41. The average Bonchev–Trinajstić information content (AvgIpc) is 2.44. The minimum absolute atomic E-state index is 0.461. The van der Waals surface area contributed by atoms with Crippen molar-refractivity contribution in [3.8, 4) is 11.5 Å². The smallest absolute Gasteiger partial charge is 0.161 e. The fourth-order valence-electron chi connectivity index (χ4n) is 1.67. The second-order valence-corrected chi connectivity index (χ2v) is 5.47. The molecular formula is C16H24ClNO2. The molecule has 1 N–H and O–H groups in total. The van der Waals surface area contributed by atoms with Crippen LogP contribution in [-0.2, 0) is 6.54 Å². The zero-order chi connectivity index (χ0) is 15.0. The molecule has 3 nitrogen and oxygen atoms in total. The predicted octanol–water partition coefficient (Wildman–Crippen LogP) is 3.96. The summed E-state index contributed by atoms with van der Waals surface area (Å²) in [6.45, 7) is 8.59. The van der Waals surface area contributed by atoms with Gasteiger partial charge >= 0.3 is 0 Å². The molecule has 1 aromatic carbocycles. The minimum Gasteiger partial charge on any atom is -0.493 e. The summed E-state index contributed by atoms with van der Waals surface area (Å²) in [6.07, 6.45) is 0. The molecule has 0 spiro atoms. The van der Waals surface area contributed by atoms with Crippen molar-refractivity contribution in [3.63, 3.8) is 0 Å². The SMILES string of the molecule is COc1ccc(CNCC(C)C)cc1OC/C(C)=C/Cl. The first-order chi connectivity index (χ1) is 9.56. The number of methoxy groups -OCH3 is 1. The molecule has 0 aliphatic carbocycles. The molecule has 0 saturated heterocycles. The largest absolute Gasteiger partial charge is 0.493 e. The van der Waals surface area contributed by atoms with E-state index in [9.17, 15) is 0 Å². The molecule has 112 valence electrons. The van der Waals surface area contributed by atoms with Gasteiger partial charge in [-0.05, 0) is 42.7 Å². The topological polar surface area (TPSA) is 30.5 Å². The normalized spacial score (nSPS) is 11.8. The zero-order valence-corrected chi connectivity index (χ0v) is 13.5. The third-order valence-corrected chi connectivity index (χ3v) is 3.12. The van der Waals surface area contributed by atoms with Crippen molar-refractivity contribution < 1.29 is 9.47 Å². The number of benzene rings is 1. The molecule has 0 aliphatic heterocycles. The summed E-state index contributed by atoms with van der Waals surface area (Å²) in [5.41, 5.74) is 3.67. The molecule has 1 rings (SSSR count). The predicted molar refractivity (Wildman–Crippen MR) is 84.6 cm³/mol. The highest BCUT2D eigenvalue weighted by molar-refractivity contribution is 6.25. The number of ether oxygens (including phenoxy) is 2. The Hall–Kier alpha value is -1.19. The lowest BCUT2D eigenvalue weighted by Crippen LogP contribution is -2.19. The first-order valence-corrected chi connectivity index (χ1v) is 7.26. The third kappa shape index (κ3) is 5.85. The molecule has 0 bridgehead atoms. The maximum atomic E-state index is 5.74. The Morgan fingerprint density at radius 1 is 1.35 bits per heavy atom. The molecule has 0 aromatic heterocycles. The lowest BCUT2D eigenvalue weighted by atomic mass is 10.2. The summed E-state index contributed by atoms with van der Waals surface area (Å²) in [5.74, 6) is 2.12. The molecular weight excluding hydrogens is 274 g/mol. The van der Waals surface area contributed by atoms with Crippen LogP contribution in [0.25, 0.3) is 0 Å². The molecule has 20 heavy (non-hydrogen) atoms. The zero-order valence-electron chi connectivity index (χ0n) is 12.7. The van der Waals surface area contributed by atoms with Gasteiger partial charge in [-0.25, -0.2) is 0 Å². The van der Waals surface area contributed by atoms with Crippen LogP contribution in [0, 0.1) is 5.92 Å². The minimum atomic E-state index is 0.461. The van der Waals surface area contributed by atoms with Gasteiger partial charge in [-0.2, -0.15) is 0 Å². The Bertz CT molecular complexity index is 444. The van der Waals surface area contributed by atoms with Gasteiger partial charge in [0, 0.05) is 12.1 Å². The van der Waals surface area contributed by atoms with Gasteiger partial charge in [0.15, 0.2) is 11.5 Å². The van der Waals surface area contributed by atoms with Crippen LogP contribution in [0.3, 0.4) is 0 Å². The molecule has 0 atom stereocenters. The Morgan fingerprint density at radius 3 is 2.70 bits per heavy atom. The first kappa shape index (κ1) is 16.9. The standard InChI is InChI=1S/C16H24ClNO2/c1-12(2)9-18-10-14-5-6-15(19-4)16(7-14)20-11-13(3)8-17/h5-8,12,18H,9-11H2,1-4H3/b13-8+. The Balaban J connectivity index is 2.69. The van der Waals surface area contributed by atoms with Gasteiger partial charge in [0.05, 0.1) is 7.11 Å². The van der Waals surface area contributed by atoms with Crippen LogP contribution < -0.4 is 14.8 Å². The highest BCUT2D eigenvalue weighted by Crippen LogP contribution is 2.28. The molecule has 0 heterocycles. The van der Waals surface area contributed by atoms with Crippen LogP contribution >= 0.6 is 11.6 Å². The molecule has 1 aromatic rings. The van der Waals surface area contributed by atoms with E-state index in [-0.39, 0.29) is 0 Å². The van der Waals surface area contributed by atoms with Crippen LogP contribution in [0.4, 0.5) is 0 Å². The van der Waals surface area contributed by atoms with Crippen molar-refractivity contribution in [2.75, 3.05) is 20.3 Å². The van der Waals surface area contributed by atoms with Crippen molar-refractivity contribution in [3.05, 3.63) is 34.9 Å². The number of hydrogen-bond donors (Lipinski definition) is 1. The van der Waals surface area contributed by atoms with Gasteiger partial charge in [-0.3, -0.25) is 0 Å². The van der Waals surface area contributed by atoms with E-state index in [0.717, 1.165) is 30.2 Å². The molecule has 0 radical (unpaired) electrons. The second-order valence-electron chi connectivity index (χ2n) is 5.25. The van der Waals surface area contributed by atoms with E-state index in [4.69, 9.17) is 21.1 Å². The Morgan fingerprint density at radius 2 is 2.10 bits per heavy atom. The van der Waals surface area contributed by atoms with Gasteiger partial charge in [0.1, 0.15) is 6.61 Å². The van der Waals surface area contributed by atoms with Crippen LogP contribution in [-0.4, -0.2) is 20.3 Å². The van der Waals surface area contributed by atoms with Gasteiger partial charge < -0.3 is 14.8 Å². The third-order valence-electron chi connectivity index (χ3n) is 2.75. The van der Waals surface area contributed by atoms with Crippen molar-refractivity contribution in [1.29, 1.82) is 0 Å². The van der Waals surface area contributed by atoms with E-state index < -0.39 is 0 Å². The number of nitrogens with one attached hydrogen (secondary N) is 1. The van der Waals surface area contributed by atoms with Gasteiger partial charge in [0.2, 0.25) is 0 Å². The molecule has 0 unspecified atom stereocenters. The van der Waals surface area contributed by atoms with E-state index in [2.05, 4.69) is 19.2 Å². The lowest BCUT2D eigenvalue weighted by Gasteiger charge is -2.13. The van der Waals surface area contributed by atoms with Crippen molar-refractivity contribution in [2.24, 2.45) is 5.92 Å². The van der Waals surface area contributed by atoms with Crippen LogP contribution in [0.15, 0.2) is 29.3 Å². The van der Waals surface area contributed by atoms with Crippen LogP contribution in [0.1, 0.15) is 26.3 Å². The summed E-state index contributed by atoms with van der Waals surface area (Å²) >= 11 is 5.64. The van der Waals surface area contributed by atoms with E-state index in [0.29, 0.717) is 12.5 Å². The Labute approximate surface area is 126 Å². The summed E-state index contributed by atoms with van der Waals surface area (Å²) < 4.78 is 11.1. The van der Waals surface area contributed by atoms with Crippen LogP contribution in [0.2, 0.25) is 0 Å². The number of hydrogen-bond acceptors (Lipinski definition) is 3. The van der Waals surface area contributed by atoms with E-state index in [1.807, 2.05) is 25.1 Å². The van der Waals surface area contributed by atoms with Gasteiger partial charge in [-0.1, -0.05) is 31.5 Å². The lowest BCUT2D eigenvalue weighted by molar-refractivity contribution is 0.319. The summed E-state index contributed by atoms with van der Waals surface area (Å²) in [6, 6.07) is 5.98. The fourth-order valence-corrected chi connectivity index (χ4v) is 1.74. The van der Waals surface area contributed by atoms with E-state index >= 15 is 0 Å². The first-order valence-electron chi connectivity index (χ1n) is 6.83. The van der Waals surface area contributed by atoms with E-state index in [1.165, 1.54) is 11.1 Å². The average molecular weight is 298 g/mol. The van der Waals surface area contributed by atoms with Crippen LogP contribution in [0.5, 0.6) is 11.5 Å². The van der Waals surface area contributed by atoms with Gasteiger partial charge in [-0.15, -0.1) is 0 Å².